The third-order valence-electron chi connectivity index (χ3n) is 8.40. The van der Waals surface area contributed by atoms with E-state index in [2.05, 4.69) is 4.98 Å². The standard InChI is InChI=1S/C34H27F6N2O4P/c1-18-12-19(31(43)47-34(39,40)22-4-3-5-23(35)14-22)6-9-25(18)20-13-28(30(45-2)41-16-20)26-10-7-21(33(36,37)38)15-27(26)29-11-8-24-17-46-32(44)42(24)29/h3-7,9-10,12-16,24,29,43H,8,11,17H2,1-2H3/t24-,29-/m0/s1. The fraction of sp³-hybridized carbons (Fsp3) is 0.265. The molecule has 3 heterocycles. The summed E-state index contributed by atoms with van der Waals surface area (Å²) in [6, 6.07) is 12.8. The minimum Gasteiger partial charge on any atom is -0.481 e. The maximum atomic E-state index is 14.9. The van der Waals surface area contributed by atoms with E-state index >= 15 is 0 Å². The van der Waals surface area contributed by atoms with Gasteiger partial charge in [-0.05, 0) is 78.4 Å². The number of pyridine rings is 1. The van der Waals surface area contributed by atoms with E-state index in [0.717, 1.165) is 24.3 Å². The number of benzene rings is 3. The molecule has 4 aromatic rings. The van der Waals surface area contributed by atoms with Crippen molar-refractivity contribution >= 4 is 19.8 Å². The molecule has 2 saturated heterocycles. The number of aromatic nitrogens is 1. The van der Waals surface area contributed by atoms with Crippen LogP contribution in [0.3, 0.4) is 0 Å². The molecule has 3 aromatic carbocycles. The highest BCUT2D eigenvalue weighted by molar-refractivity contribution is 7.41. The second-order valence-electron chi connectivity index (χ2n) is 11.3. The first-order valence-corrected chi connectivity index (χ1v) is 15.4. The molecular weight excluding hydrogens is 645 g/mol. The van der Waals surface area contributed by atoms with Crippen molar-refractivity contribution in [1.82, 2.24) is 9.88 Å². The molecule has 1 amide bonds. The number of aryl methyl sites for hydroxylation is 1. The van der Waals surface area contributed by atoms with Crippen LogP contribution in [0.1, 0.15) is 46.7 Å². The highest BCUT2D eigenvalue weighted by atomic mass is 31.1. The van der Waals surface area contributed by atoms with Gasteiger partial charge < -0.3 is 14.6 Å². The van der Waals surface area contributed by atoms with Gasteiger partial charge in [-0.2, -0.15) is 22.0 Å². The minimum atomic E-state index is -4.62. The van der Waals surface area contributed by atoms with Gasteiger partial charge in [-0.3, -0.25) is 4.90 Å². The van der Waals surface area contributed by atoms with Crippen LogP contribution in [0.2, 0.25) is 0 Å². The number of amides is 1. The van der Waals surface area contributed by atoms with Gasteiger partial charge in [0.15, 0.2) is 0 Å². The van der Waals surface area contributed by atoms with Crippen LogP contribution >= 0.6 is 8.20 Å². The van der Waals surface area contributed by atoms with Crippen molar-refractivity contribution in [1.29, 1.82) is 0 Å². The molecule has 244 valence electrons. The molecule has 2 aliphatic heterocycles. The van der Waals surface area contributed by atoms with E-state index in [9.17, 15) is 36.2 Å². The quantitative estimate of drug-likeness (QED) is 0.157. The van der Waals surface area contributed by atoms with Crippen LogP contribution in [0.25, 0.3) is 22.3 Å². The van der Waals surface area contributed by atoms with Crippen LogP contribution in [-0.4, -0.2) is 46.3 Å². The van der Waals surface area contributed by atoms with Crippen LogP contribution in [0, 0.1) is 12.7 Å². The number of alkyl halides is 5. The summed E-state index contributed by atoms with van der Waals surface area (Å²) in [7, 11) is 0.646. The molecule has 2 aliphatic rings. The molecule has 0 unspecified atom stereocenters. The fourth-order valence-electron chi connectivity index (χ4n) is 6.15. The Balaban J connectivity index is 1.40. The second-order valence-corrected chi connectivity index (χ2v) is 12.5. The Morgan fingerprint density at radius 1 is 0.979 bits per heavy atom. The summed E-state index contributed by atoms with van der Waals surface area (Å²) in [5.74, 6) is -0.675. The van der Waals surface area contributed by atoms with Gasteiger partial charge in [0.05, 0.1) is 24.8 Å². The number of halogens is 6. The van der Waals surface area contributed by atoms with Crippen molar-refractivity contribution in [3.05, 3.63) is 107 Å². The van der Waals surface area contributed by atoms with Crippen molar-refractivity contribution in [2.24, 2.45) is 0 Å². The van der Waals surface area contributed by atoms with Crippen LogP contribution in [0.5, 0.6) is 5.88 Å². The van der Waals surface area contributed by atoms with Gasteiger partial charge in [-0.15, -0.1) is 0 Å². The van der Waals surface area contributed by atoms with Crippen molar-refractivity contribution in [3.63, 3.8) is 0 Å². The van der Waals surface area contributed by atoms with Crippen LogP contribution in [-0.2, 0) is 16.6 Å². The molecule has 1 aromatic heterocycles. The summed E-state index contributed by atoms with van der Waals surface area (Å²) in [5.41, 5.74) is -2.68. The zero-order chi connectivity index (χ0) is 33.7. The molecule has 2 atom stereocenters. The molecular formula is C34H27F6N2O4P. The number of carbonyl (C=O) groups excluding carboxylic acids is 1. The summed E-state index contributed by atoms with van der Waals surface area (Å²) in [6.45, 7) is 1.88. The zero-order valence-corrected chi connectivity index (χ0v) is 25.9. The maximum Gasteiger partial charge on any atom is 0.416 e. The van der Waals surface area contributed by atoms with Crippen LogP contribution in [0.4, 0.5) is 31.1 Å². The van der Waals surface area contributed by atoms with Gasteiger partial charge in [-0.1, -0.05) is 30.3 Å². The predicted octanol–water partition coefficient (Wildman–Crippen LogP) is 9.09. The predicted molar refractivity (Wildman–Crippen MR) is 164 cm³/mol. The molecule has 6 nitrogen and oxygen atoms in total. The third kappa shape index (κ3) is 6.32. The molecule has 2 fully saturated rings. The number of hydrogen-bond donors (Lipinski definition) is 1. The number of ether oxygens (including phenoxy) is 2. The Morgan fingerprint density at radius 3 is 2.45 bits per heavy atom. The van der Waals surface area contributed by atoms with Crippen LogP contribution in [0.15, 0.2) is 72.9 Å². The Morgan fingerprint density at radius 2 is 1.74 bits per heavy atom. The molecule has 0 spiro atoms. The van der Waals surface area contributed by atoms with Crippen molar-refractivity contribution in [2.45, 2.75) is 43.7 Å². The van der Waals surface area contributed by atoms with E-state index in [-0.39, 0.29) is 29.7 Å². The molecule has 0 radical (unpaired) electrons. The normalized spacial score (nSPS) is 18.4. The monoisotopic (exact) mass is 672 g/mol. The van der Waals surface area contributed by atoms with Crippen molar-refractivity contribution in [2.75, 3.05) is 13.7 Å². The fourth-order valence-corrected chi connectivity index (χ4v) is 6.95. The average molecular weight is 673 g/mol. The molecule has 0 bridgehead atoms. The van der Waals surface area contributed by atoms with Gasteiger partial charge in [0.2, 0.25) is 5.88 Å². The van der Waals surface area contributed by atoms with E-state index in [4.69, 9.17) is 9.47 Å². The molecule has 47 heavy (non-hydrogen) atoms. The number of cyclic esters (lactones) is 1. The SMILES string of the molecule is COc1ncc(-c2ccc(/C(O)=P\C(F)(F)c3cccc(F)c3)cc2C)cc1-c1ccc(C(F)(F)F)cc1[C@@H]1CC[C@H]2COC(=O)N21. The Labute approximate surface area is 267 Å². The van der Waals surface area contributed by atoms with Gasteiger partial charge in [0, 0.05) is 36.7 Å². The van der Waals surface area contributed by atoms with E-state index in [1.807, 2.05) is 0 Å². The van der Waals surface area contributed by atoms with Gasteiger partial charge in [0.25, 0.3) is 0 Å². The van der Waals surface area contributed by atoms with Crippen molar-refractivity contribution < 1.29 is 45.7 Å². The van der Waals surface area contributed by atoms with Gasteiger partial charge >= 0.3 is 17.9 Å². The number of hydrogen-bond acceptors (Lipinski definition) is 4. The largest absolute Gasteiger partial charge is 0.481 e. The second kappa shape index (κ2) is 12.3. The van der Waals surface area contributed by atoms with E-state index in [0.29, 0.717) is 46.7 Å². The number of aliphatic hydroxyl groups is 1. The van der Waals surface area contributed by atoms with Crippen molar-refractivity contribution in [3.8, 4) is 28.1 Å². The average Bonchev–Trinajstić information content (AvgIpc) is 3.62. The van der Waals surface area contributed by atoms with E-state index < -0.39 is 54.6 Å². The summed E-state index contributed by atoms with van der Waals surface area (Å²) in [5, 5.41) is 10.6. The molecule has 13 heteroatoms. The van der Waals surface area contributed by atoms with E-state index in [1.165, 1.54) is 42.5 Å². The smallest absolute Gasteiger partial charge is 0.416 e. The van der Waals surface area contributed by atoms with Crippen LogP contribution < -0.4 is 4.74 Å². The van der Waals surface area contributed by atoms with E-state index in [1.54, 1.807) is 19.1 Å². The topological polar surface area (TPSA) is 71.9 Å². The lowest BCUT2D eigenvalue weighted by molar-refractivity contribution is -0.137. The number of nitrogens with zero attached hydrogens (tertiary/aromatic N) is 2. The summed E-state index contributed by atoms with van der Waals surface area (Å²) in [4.78, 5) is 18.5. The van der Waals surface area contributed by atoms with Gasteiger partial charge in [-0.25, -0.2) is 14.2 Å². The number of fused-ring (bicyclic) bond motifs is 1. The zero-order valence-electron chi connectivity index (χ0n) is 25.0. The lowest BCUT2D eigenvalue weighted by atomic mass is 9.90. The number of aliphatic hydroxyl groups excluding tert-OH is 1. The number of carbonyl (C=O) groups is 1. The first kappa shape index (κ1) is 32.5. The highest BCUT2D eigenvalue weighted by Gasteiger charge is 2.45. The third-order valence-corrected chi connectivity index (χ3v) is 9.41. The summed E-state index contributed by atoms with van der Waals surface area (Å²) in [6.07, 6.45) is -2.67. The number of methoxy groups -OCH3 is 1. The Kier molecular flexibility index (Phi) is 8.52. The first-order valence-electron chi connectivity index (χ1n) is 14.5. The molecule has 0 aliphatic carbocycles. The lowest BCUT2D eigenvalue weighted by Crippen LogP contribution is -2.30. The first-order chi connectivity index (χ1) is 22.3. The lowest BCUT2D eigenvalue weighted by Gasteiger charge is -2.26. The molecule has 6 rings (SSSR count). The summed E-state index contributed by atoms with van der Waals surface area (Å²) >= 11 is 0. The Bertz CT molecular complexity index is 1900. The van der Waals surface area contributed by atoms with Gasteiger partial charge in [0.1, 0.15) is 17.9 Å². The Hall–Kier alpha value is -4.41. The number of rotatable bonds is 7. The molecule has 0 saturated carbocycles. The minimum absolute atomic E-state index is 0.129. The highest BCUT2D eigenvalue weighted by Crippen LogP contribution is 2.47. The summed E-state index contributed by atoms with van der Waals surface area (Å²) < 4.78 is 95.6. The molecule has 1 N–H and O–H groups in total. The maximum absolute atomic E-state index is 14.9.